The largest absolute Gasteiger partial charge is 0.478 e. The summed E-state index contributed by atoms with van der Waals surface area (Å²) in [4.78, 5) is 15.9. The SMILES string of the molecule is CCOc1cc(Nc2cc(C)[nH]n2)nc(N2CCC[C@H]2c2cc(-c3ccccn3)no2)n1. The zero-order chi connectivity index (χ0) is 21.9. The lowest BCUT2D eigenvalue weighted by molar-refractivity contribution is 0.325. The second-order valence-corrected chi connectivity index (χ2v) is 7.57. The number of ether oxygens (including phenoxy) is 1. The molecule has 10 heteroatoms. The molecule has 4 aromatic heterocycles. The van der Waals surface area contributed by atoms with E-state index >= 15 is 0 Å². The van der Waals surface area contributed by atoms with Gasteiger partial charge in [-0.3, -0.25) is 10.1 Å². The molecule has 0 unspecified atom stereocenters. The van der Waals surface area contributed by atoms with Gasteiger partial charge in [-0.1, -0.05) is 11.2 Å². The van der Waals surface area contributed by atoms with Crippen LogP contribution in [0.25, 0.3) is 11.4 Å². The molecule has 1 aliphatic rings. The van der Waals surface area contributed by atoms with E-state index in [1.54, 1.807) is 12.3 Å². The third kappa shape index (κ3) is 4.11. The Labute approximate surface area is 185 Å². The Balaban J connectivity index is 1.44. The molecule has 10 nitrogen and oxygen atoms in total. The van der Waals surface area contributed by atoms with Crippen LogP contribution in [0.2, 0.25) is 0 Å². The summed E-state index contributed by atoms with van der Waals surface area (Å²) in [6.07, 6.45) is 3.65. The first-order valence-electron chi connectivity index (χ1n) is 10.6. The number of hydrogen-bond acceptors (Lipinski definition) is 9. The third-order valence-electron chi connectivity index (χ3n) is 5.24. The third-order valence-corrected chi connectivity index (χ3v) is 5.24. The number of H-pyrrole nitrogens is 1. The summed E-state index contributed by atoms with van der Waals surface area (Å²) in [5.41, 5.74) is 2.45. The molecule has 0 amide bonds. The number of rotatable bonds is 7. The van der Waals surface area contributed by atoms with Crippen LogP contribution in [0.5, 0.6) is 5.88 Å². The number of nitrogens with zero attached hydrogens (tertiary/aromatic N) is 6. The highest BCUT2D eigenvalue weighted by Crippen LogP contribution is 2.37. The Bertz CT molecular complexity index is 1190. The monoisotopic (exact) mass is 432 g/mol. The molecule has 1 fully saturated rings. The normalized spacial score (nSPS) is 15.8. The zero-order valence-electron chi connectivity index (χ0n) is 17.9. The quantitative estimate of drug-likeness (QED) is 0.446. The van der Waals surface area contributed by atoms with Crippen LogP contribution in [0.15, 0.2) is 47.1 Å². The maximum Gasteiger partial charge on any atom is 0.231 e. The van der Waals surface area contributed by atoms with Gasteiger partial charge in [-0.25, -0.2) is 0 Å². The highest BCUT2D eigenvalue weighted by Gasteiger charge is 2.32. The van der Waals surface area contributed by atoms with Crippen molar-refractivity contribution >= 4 is 17.6 Å². The molecule has 1 atom stereocenters. The van der Waals surface area contributed by atoms with Gasteiger partial charge in [0.25, 0.3) is 0 Å². The van der Waals surface area contributed by atoms with Gasteiger partial charge in [0, 0.05) is 36.6 Å². The van der Waals surface area contributed by atoms with Gasteiger partial charge in [-0.2, -0.15) is 15.1 Å². The highest BCUT2D eigenvalue weighted by atomic mass is 16.5. The first-order chi connectivity index (χ1) is 15.7. The maximum atomic E-state index is 5.71. The fraction of sp³-hybridized carbons (Fsp3) is 0.318. The lowest BCUT2D eigenvalue weighted by Crippen LogP contribution is -2.25. The van der Waals surface area contributed by atoms with Crippen LogP contribution in [0.3, 0.4) is 0 Å². The van der Waals surface area contributed by atoms with Crippen LogP contribution in [0.1, 0.15) is 37.3 Å². The number of aryl methyl sites for hydroxylation is 1. The molecule has 4 aromatic rings. The first-order valence-corrected chi connectivity index (χ1v) is 10.6. The van der Waals surface area contributed by atoms with E-state index in [0.29, 0.717) is 35.8 Å². The minimum Gasteiger partial charge on any atom is -0.478 e. The van der Waals surface area contributed by atoms with Crippen LogP contribution < -0.4 is 15.0 Å². The molecule has 5 rings (SSSR count). The molecule has 0 radical (unpaired) electrons. The van der Waals surface area contributed by atoms with Crippen LogP contribution in [0, 0.1) is 6.92 Å². The van der Waals surface area contributed by atoms with Crippen LogP contribution in [-0.4, -0.2) is 43.5 Å². The maximum absolute atomic E-state index is 5.71. The van der Waals surface area contributed by atoms with Gasteiger partial charge in [0.2, 0.25) is 11.8 Å². The molecule has 1 aliphatic heterocycles. The molecule has 0 aromatic carbocycles. The second-order valence-electron chi connectivity index (χ2n) is 7.57. The Hall–Kier alpha value is -3.95. The Morgan fingerprint density at radius 1 is 1.19 bits per heavy atom. The highest BCUT2D eigenvalue weighted by molar-refractivity contribution is 5.57. The number of anilines is 3. The van der Waals surface area contributed by atoms with Crippen molar-refractivity contribution in [2.75, 3.05) is 23.4 Å². The Kier molecular flexibility index (Phi) is 5.40. The molecule has 32 heavy (non-hydrogen) atoms. The van der Waals surface area contributed by atoms with Crippen molar-refractivity contribution in [2.24, 2.45) is 0 Å². The van der Waals surface area contributed by atoms with Gasteiger partial charge in [0.1, 0.15) is 11.5 Å². The van der Waals surface area contributed by atoms with Crippen molar-refractivity contribution in [3.63, 3.8) is 0 Å². The first kappa shape index (κ1) is 20.0. The summed E-state index contributed by atoms with van der Waals surface area (Å²) in [6, 6.07) is 11.3. The molecular weight excluding hydrogens is 408 g/mol. The number of pyridine rings is 1. The number of aromatic nitrogens is 6. The average Bonchev–Trinajstić information content (AvgIpc) is 3.55. The predicted octanol–water partition coefficient (Wildman–Crippen LogP) is 4.04. The van der Waals surface area contributed by atoms with Gasteiger partial charge < -0.3 is 19.5 Å². The molecule has 0 aliphatic carbocycles. The van der Waals surface area contributed by atoms with Crippen molar-refractivity contribution in [2.45, 2.75) is 32.7 Å². The Morgan fingerprint density at radius 2 is 2.12 bits per heavy atom. The molecule has 5 heterocycles. The predicted molar refractivity (Wildman–Crippen MR) is 119 cm³/mol. The van der Waals surface area contributed by atoms with E-state index in [4.69, 9.17) is 14.2 Å². The van der Waals surface area contributed by atoms with Crippen molar-refractivity contribution in [3.8, 4) is 17.3 Å². The molecule has 0 bridgehead atoms. The van der Waals surface area contributed by atoms with Crippen molar-refractivity contribution in [3.05, 3.63) is 54.0 Å². The number of nitrogens with one attached hydrogen (secondary N) is 2. The van der Waals surface area contributed by atoms with Gasteiger partial charge >= 0.3 is 0 Å². The molecule has 164 valence electrons. The van der Waals surface area contributed by atoms with Gasteiger partial charge in [0.05, 0.1) is 18.3 Å². The van der Waals surface area contributed by atoms with E-state index in [1.165, 1.54) is 0 Å². The summed E-state index contributed by atoms with van der Waals surface area (Å²) in [6.45, 7) is 5.19. The van der Waals surface area contributed by atoms with Crippen LogP contribution >= 0.6 is 0 Å². The fourth-order valence-corrected chi connectivity index (χ4v) is 3.82. The second kappa shape index (κ2) is 8.66. The van der Waals surface area contributed by atoms with Crippen LogP contribution in [-0.2, 0) is 0 Å². The van der Waals surface area contributed by atoms with Crippen molar-refractivity contribution in [1.82, 2.24) is 30.3 Å². The number of aromatic amines is 1. The fourth-order valence-electron chi connectivity index (χ4n) is 3.82. The lowest BCUT2D eigenvalue weighted by atomic mass is 10.1. The molecular formula is C22H24N8O2. The number of hydrogen-bond donors (Lipinski definition) is 2. The van der Waals surface area contributed by atoms with Crippen LogP contribution in [0.4, 0.5) is 17.6 Å². The molecule has 0 saturated carbocycles. The van der Waals surface area contributed by atoms with Gasteiger partial charge in [-0.15, -0.1) is 0 Å². The lowest BCUT2D eigenvalue weighted by Gasteiger charge is -2.23. The van der Waals surface area contributed by atoms with Gasteiger partial charge in [-0.05, 0) is 38.8 Å². The summed E-state index contributed by atoms with van der Waals surface area (Å²) in [5.74, 6) is 3.14. The zero-order valence-corrected chi connectivity index (χ0v) is 17.9. The topological polar surface area (TPSA) is 118 Å². The summed E-state index contributed by atoms with van der Waals surface area (Å²) < 4.78 is 11.4. The van der Waals surface area contributed by atoms with E-state index in [-0.39, 0.29) is 6.04 Å². The summed E-state index contributed by atoms with van der Waals surface area (Å²) in [5, 5.41) is 14.6. The summed E-state index contributed by atoms with van der Waals surface area (Å²) in [7, 11) is 0. The van der Waals surface area contributed by atoms with E-state index in [2.05, 4.69) is 35.5 Å². The minimum atomic E-state index is -0.0164. The standard InChI is InChI=1S/C22H24N8O2/c1-3-31-21-13-19(24-20-11-14(2)27-28-20)25-22(26-21)30-10-6-8-17(30)18-12-16(29-32-18)15-7-4-5-9-23-15/h4-5,7,9,11-13,17H,3,6,8,10H2,1-2H3,(H2,24,25,26,27,28)/t17-/m0/s1. The van der Waals surface area contributed by atoms with Crippen molar-refractivity contribution in [1.29, 1.82) is 0 Å². The molecule has 1 saturated heterocycles. The smallest absolute Gasteiger partial charge is 0.231 e. The molecule has 0 spiro atoms. The molecule has 2 N–H and O–H groups in total. The van der Waals surface area contributed by atoms with Crippen molar-refractivity contribution < 1.29 is 9.26 Å². The van der Waals surface area contributed by atoms with E-state index in [9.17, 15) is 0 Å². The van der Waals surface area contributed by atoms with E-state index < -0.39 is 0 Å². The van der Waals surface area contributed by atoms with E-state index in [0.717, 1.165) is 36.5 Å². The average molecular weight is 432 g/mol. The minimum absolute atomic E-state index is 0.0164. The Morgan fingerprint density at radius 3 is 2.91 bits per heavy atom. The summed E-state index contributed by atoms with van der Waals surface area (Å²) >= 11 is 0. The van der Waals surface area contributed by atoms with E-state index in [1.807, 2.05) is 44.2 Å². The van der Waals surface area contributed by atoms with Gasteiger partial charge in [0.15, 0.2) is 11.6 Å².